The molecule has 0 spiro atoms. The second-order valence-electron chi connectivity index (χ2n) is 5.68. The van der Waals surface area contributed by atoms with Gasteiger partial charge in [-0.05, 0) is 61.9 Å². The molecule has 0 saturated heterocycles. The zero-order valence-electron chi connectivity index (χ0n) is 14.6. The van der Waals surface area contributed by atoms with Gasteiger partial charge in [-0.25, -0.2) is 0 Å². The maximum atomic E-state index is 12.4. The number of rotatable bonds is 7. The fourth-order valence-corrected chi connectivity index (χ4v) is 2.31. The topological polar surface area (TPSA) is 35.5 Å². The Morgan fingerprint density at radius 3 is 2.56 bits per heavy atom. The van der Waals surface area contributed by atoms with Gasteiger partial charge in [-0.15, -0.1) is 0 Å². The molecule has 0 aliphatic carbocycles. The highest BCUT2D eigenvalue weighted by Gasteiger charge is 2.09. The second-order valence-corrected chi connectivity index (χ2v) is 6.08. The number of allylic oxidation sites excluding steroid dienone is 2. The number of hydrogen-bond donors (Lipinski definition) is 0. The summed E-state index contributed by atoms with van der Waals surface area (Å²) in [7, 11) is 1.55. The quantitative estimate of drug-likeness (QED) is 0.368. The Kier molecular flexibility index (Phi) is 6.84. The lowest BCUT2D eigenvalue weighted by atomic mass is 10.1. The number of carbonyl (C=O) groups excluding carboxylic acids is 1. The highest BCUT2D eigenvalue weighted by Crippen LogP contribution is 2.28. The van der Waals surface area contributed by atoms with Crippen molar-refractivity contribution in [1.82, 2.24) is 0 Å². The molecule has 2 rings (SSSR count). The van der Waals surface area contributed by atoms with Crippen LogP contribution in [0.25, 0.3) is 6.08 Å². The van der Waals surface area contributed by atoms with E-state index < -0.39 is 0 Å². The summed E-state index contributed by atoms with van der Waals surface area (Å²) in [6, 6.07) is 12.5. The van der Waals surface area contributed by atoms with Crippen LogP contribution in [0.5, 0.6) is 11.5 Å². The molecule has 4 heteroatoms. The first-order chi connectivity index (χ1) is 12.0. The van der Waals surface area contributed by atoms with Crippen LogP contribution in [0.1, 0.15) is 29.8 Å². The van der Waals surface area contributed by atoms with E-state index in [4.69, 9.17) is 21.1 Å². The van der Waals surface area contributed by atoms with E-state index in [0.29, 0.717) is 28.7 Å². The van der Waals surface area contributed by atoms with Crippen molar-refractivity contribution >= 4 is 23.5 Å². The molecule has 0 aliphatic heterocycles. The average molecular weight is 357 g/mol. The van der Waals surface area contributed by atoms with Crippen molar-refractivity contribution < 1.29 is 14.3 Å². The maximum Gasteiger partial charge on any atom is 0.185 e. The van der Waals surface area contributed by atoms with Crippen LogP contribution in [-0.4, -0.2) is 19.5 Å². The van der Waals surface area contributed by atoms with Gasteiger partial charge in [0.05, 0.1) is 7.11 Å². The van der Waals surface area contributed by atoms with Gasteiger partial charge in [0.25, 0.3) is 0 Å². The third kappa shape index (κ3) is 5.50. The molecule has 0 saturated carbocycles. The molecule has 0 bridgehead atoms. The Labute approximate surface area is 153 Å². The molecule has 3 nitrogen and oxygen atoms in total. The Morgan fingerprint density at radius 2 is 1.88 bits per heavy atom. The normalized spacial score (nSPS) is 10.6. The summed E-state index contributed by atoms with van der Waals surface area (Å²) in [6.07, 6.45) is 5.18. The molecule has 0 fully saturated rings. The number of halogens is 1. The van der Waals surface area contributed by atoms with Crippen molar-refractivity contribution in [3.63, 3.8) is 0 Å². The third-order valence-electron chi connectivity index (χ3n) is 3.50. The van der Waals surface area contributed by atoms with Crippen molar-refractivity contribution in [3.05, 3.63) is 76.3 Å². The van der Waals surface area contributed by atoms with Gasteiger partial charge < -0.3 is 9.47 Å². The number of ether oxygens (including phenoxy) is 2. The van der Waals surface area contributed by atoms with E-state index in [9.17, 15) is 4.79 Å². The van der Waals surface area contributed by atoms with Crippen LogP contribution in [0.3, 0.4) is 0 Å². The molecular weight excluding hydrogens is 336 g/mol. The molecule has 0 aromatic heterocycles. The van der Waals surface area contributed by atoms with E-state index in [1.807, 2.05) is 38.1 Å². The summed E-state index contributed by atoms with van der Waals surface area (Å²) in [5.74, 6) is 1.000. The largest absolute Gasteiger partial charge is 0.493 e. The molecule has 2 aromatic carbocycles. The number of benzene rings is 2. The minimum absolute atomic E-state index is 0.130. The van der Waals surface area contributed by atoms with Gasteiger partial charge in [-0.3, -0.25) is 4.79 Å². The van der Waals surface area contributed by atoms with Crippen molar-refractivity contribution in [1.29, 1.82) is 0 Å². The monoisotopic (exact) mass is 356 g/mol. The molecule has 130 valence electrons. The lowest BCUT2D eigenvalue weighted by Gasteiger charge is -2.10. The second kappa shape index (κ2) is 9.09. The summed E-state index contributed by atoms with van der Waals surface area (Å²) < 4.78 is 11.0. The minimum Gasteiger partial charge on any atom is -0.493 e. The summed E-state index contributed by atoms with van der Waals surface area (Å²) in [5, 5.41) is 0.604. The first-order valence-electron chi connectivity index (χ1n) is 7.92. The summed E-state index contributed by atoms with van der Waals surface area (Å²) >= 11 is 6.09. The Morgan fingerprint density at radius 1 is 1.12 bits per heavy atom. The van der Waals surface area contributed by atoms with Crippen LogP contribution in [0, 0.1) is 0 Å². The van der Waals surface area contributed by atoms with Crippen LogP contribution >= 0.6 is 11.6 Å². The van der Waals surface area contributed by atoms with Gasteiger partial charge in [0.15, 0.2) is 17.3 Å². The fourth-order valence-electron chi connectivity index (χ4n) is 2.11. The number of hydrogen-bond acceptors (Lipinski definition) is 3. The van der Waals surface area contributed by atoms with Gasteiger partial charge in [0.2, 0.25) is 0 Å². The van der Waals surface area contributed by atoms with E-state index >= 15 is 0 Å². The van der Waals surface area contributed by atoms with Gasteiger partial charge in [0.1, 0.15) is 6.61 Å². The van der Waals surface area contributed by atoms with Crippen molar-refractivity contribution in [2.24, 2.45) is 0 Å². The van der Waals surface area contributed by atoms with Gasteiger partial charge in [-0.1, -0.05) is 35.4 Å². The minimum atomic E-state index is -0.130. The highest BCUT2D eigenvalue weighted by molar-refractivity contribution is 6.32. The standard InChI is InChI=1S/C21H21ClO3/c1-15(2)12-13-25-20-11-9-17(14-21(20)24-3)19(23)10-8-16-6-4-5-7-18(16)22/h4-12,14H,13H2,1-3H3/b10-8+. The Balaban J connectivity index is 2.15. The predicted molar refractivity (Wildman–Crippen MR) is 103 cm³/mol. The van der Waals surface area contributed by atoms with Gasteiger partial charge in [-0.2, -0.15) is 0 Å². The molecule has 0 radical (unpaired) electrons. The van der Waals surface area contributed by atoms with Crippen LogP contribution in [0.4, 0.5) is 0 Å². The highest BCUT2D eigenvalue weighted by atomic mass is 35.5. The third-order valence-corrected chi connectivity index (χ3v) is 3.84. The molecule has 0 heterocycles. The average Bonchev–Trinajstić information content (AvgIpc) is 2.60. The lowest BCUT2D eigenvalue weighted by Crippen LogP contribution is -2.00. The zero-order valence-corrected chi connectivity index (χ0v) is 15.3. The number of carbonyl (C=O) groups is 1. The summed E-state index contributed by atoms with van der Waals surface area (Å²) in [5.41, 5.74) is 2.50. The predicted octanol–water partition coefficient (Wildman–Crippen LogP) is 5.59. The van der Waals surface area contributed by atoms with E-state index in [0.717, 1.165) is 5.56 Å². The van der Waals surface area contributed by atoms with Gasteiger partial charge in [0, 0.05) is 10.6 Å². The first-order valence-corrected chi connectivity index (χ1v) is 8.30. The lowest BCUT2D eigenvalue weighted by molar-refractivity contribution is 0.104. The van der Waals surface area contributed by atoms with E-state index in [2.05, 4.69) is 0 Å². The summed E-state index contributed by atoms with van der Waals surface area (Å²) in [6.45, 7) is 4.47. The van der Waals surface area contributed by atoms with Crippen LogP contribution in [0.2, 0.25) is 5.02 Å². The summed E-state index contributed by atoms with van der Waals surface area (Å²) in [4.78, 5) is 12.4. The molecule has 0 unspecified atom stereocenters. The SMILES string of the molecule is COc1cc(C(=O)/C=C/c2ccccc2Cl)ccc1OCC=C(C)C. The molecule has 0 aliphatic rings. The number of ketones is 1. The van der Waals surface area contributed by atoms with Crippen molar-refractivity contribution in [2.75, 3.05) is 13.7 Å². The Bertz CT molecular complexity index is 803. The Hall–Kier alpha value is -2.52. The van der Waals surface area contributed by atoms with Crippen molar-refractivity contribution in [3.8, 4) is 11.5 Å². The van der Waals surface area contributed by atoms with Crippen LogP contribution in [0.15, 0.2) is 60.2 Å². The van der Waals surface area contributed by atoms with E-state index in [1.54, 1.807) is 37.5 Å². The molecule has 0 atom stereocenters. The maximum absolute atomic E-state index is 12.4. The fraction of sp³-hybridized carbons (Fsp3) is 0.190. The smallest absolute Gasteiger partial charge is 0.185 e. The van der Waals surface area contributed by atoms with Gasteiger partial charge >= 0.3 is 0 Å². The van der Waals surface area contributed by atoms with Crippen LogP contribution in [-0.2, 0) is 0 Å². The first kappa shape index (κ1) is 18.8. The molecule has 0 amide bonds. The van der Waals surface area contributed by atoms with E-state index in [1.165, 1.54) is 11.6 Å². The molecule has 0 N–H and O–H groups in total. The van der Waals surface area contributed by atoms with Crippen molar-refractivity contribution in [2.45, 2.75) is 13.8 Å². The van der Waals surface area contributed by atoms with Crippen LogP contribution < -0.4 is 9.47 Å². The molecule has 25 heavy (non-hydrogen) atoms. The molecular formula is C21H21ClO3. The van der Waals surface area contributed by atoms with E-state index in [-0.39, 0.29) is 5.78 Å². The molecule has 2 aromatic rings. The number of methoxy groups -OCH3 is 1. The zero-order chi connectivity index (χ0) is 18.2.